The van der Waals surface area contributed by atoms with Crippen molar-refractivity contribution in [3.8, 4) is 0 Å². The molecule has 1 aromatic carbocycles. The quantitative estimate of drug-likeness (QED) is 0.174. The van der Waals surface area contributed by atoms with E-state index in [-0.39, 0.29) is 37.3 Å². The Kier molecular flexibility index (Phi) is 9.47. The monoisotopic (exact) mass is 560 g/mol. The zero-order chi connectivity index (χ0) is 27.8. The zero-order valence-corrected chi connectivity index (χ0v) is 22.8. The Balaban J connectivity index is 1.45. The number of rotatable bonds is 11. The highest BCUT2D eigenvalue weighted by atomic mass is 35.5. The molecule has 3 heterocycles. The van der Waals surface area contributed by atoms with E-state index in [1.165, 1.54) is 0 Å². The van der Waals surface area contributed by atoms with Crippen molar-refractivity contribution in [2.24, 2.45) is 0 Å². The fourth-order valence-electron chi connectivity index (χ4n) is 4.39. The molecule has 2 N–H and O–H groups in total. The molecule has 2 aromatic heterocycles. The van der Waals surface area contributed by atoms with Gasteiger partial charge in [0.25, 0.3) is 0 Å². The van der Waals surface area contributed by atoms with Crippen molar-refractivity contribution >= 4 is 40.8 Å². The number of anilines is 1. The summed E-state index contributed by atoms with van der Waals surface area (Å²) in [7, 11) is 0. The van der Waals surface area contributed by atoms with Gasteiger partial charge in [-0.3, -0.25) is 0 Å². The van der Waals surface area contributed by atoms with Gasteiger partial charge in [-0.1, -0.05) is 56.5 Å². The van der Waals surface area contributed by atoms with Gasteiger partial charge in [0.05, 0.1) is 12.0 Å². The number of aromatic nitrogens is 3. The Labute approximate surface area is 231 Å². The third kappa shape index (κ3) is 7.30. The molecule has 0 amide bonds. The Morgan fingerprint density at radius 1 is 1.10 bits per heavy atom. The van der Waals surface area contributed by atoms with Crippen molar-refractivity contribution in [2.75, 3.05) is 18.9 Å². The summed E-state index contributed by atoms with van der Waals surface area (Å²) in [4.78, 5) is 33.1. The number of hydrogen-bond acceptors (Lipinski definition) is 10. The lowest BCUT2D eigenvalue weighted by atomic mass is 10.00. The third-order valence-corrected chi connectivity index (χ3v) is 6.69. The van der Waals surface area contributed by atoms with Crippen molar-refractivity contribution in [2.45, 2.75) is 70.5 Å². The van der Waals surface area contributed by atoms with E-state index in [9.17, 15) is 9.59 Å². The van der Waals surface area contributed by atoms with Crippen LogP contribution in [0.15, 0.2) is 42.6 Å². The molecule has 11 nitrogen and oxygen atoms in total. The second-order valence-electron chi connectivity index (χ2n) is 9.54. The number of nitrogens with two attached hydrogens (primary N) is 1. The maximum absolute atomic E-state index is 12.5. The van der Waals surface area contributed by atoms with Gasteiger partial charge in [0, 0.05) is 12.6 Å². The fourth-order valence-corrected chi connectivity index (χ4v) is 4.56. The number of hydrogen-bond donors (Lipinski definition) is 1. The molecule has 1 aliphatic heterocycles. The Hall–Kier alpha value is -3.57. The number of carbonyl (C=O) groups excluding carboxylic acids is 2. The SMILES string of the molecule is CCCCCCOC(=O)O[C@H]1C[C@H](n2ccc3c(N)nc(Cl)nc32)O[C@]1(C)COC(=O)OCc1ccccc1. The largest absolute Gasteiger partial charge is 0.508 e. The molecule has 0 unspecified atom stereocenters. The van der Waals surface area contributed by atoms with E-state index in [0.29, 0.717) is 11.0 Å². The van der Waals surface area contributed by atoms with E-state index in [4.69, 9.17) is 41.0 Å². The van der Waals surface area contributed by atoms with Gasteiger partial charge >= 0.3 is 12.3 Å². The molecular weight excluding hydrogens is 528 g/mol. The summed E-state index contributed by atoms with van der Waals surface area (Å²) in [6.07, 6.45) is 2.69. The standard InChI is InChI=1S/C27H33ClN4O7/c1-3-4-5-9-14-35-26(34)38-20-15-21(32-13-12-19-22(29)30-24(28)31-23(19)32)39-27(20,2)17-37-25(33)36-16-18-10-7-6-8-11-18/h6-8,10-13,20-21H,3-5,9,14-17H2,1-2H3,(H2,29,30,31)/t20-,21+,27+/m0/s1. The van der Waals surface area contributed by atoms with Gasteiger partial charge < -0.3 is 34.0 Å². The smallest absolute Gasteiger partial charge is 0.434 e. The van der Waals surface area contributed by atoms with Crippen LogP contribution in [0.25, 0.3) is 11.0 Å². The Morgan fingerprint density at radius 2 is 1.90 bits per heavy atom. The summed E-state index contributed by atoms with van der Waals surface area (Å²) >= 11 is 6.04. The van der Waals surface area contributed by atoms with Crippen molar-refractivity contribution in [3.63, 3.8) is 0 Å². The lowest BCUT2D eigenvalue weighted by molar-refractivity contribution is -0.128. The van der Waals surface area contributed by atoms with Crippen LogP contribution in [0.2, 0.25) is 5.28 Å². The van der Waals surface area contributed by atoms with Crippen LogP contribution in [-0.2, 0) is 30.3 Å². The first-order valence-corrected chi connectivity index (χ1v) is 13.3. The minimum absolute atomic E-state index is 0.00958. The summed E-state index contributed by atoms with van der Waals surface area (Å²) < 4.78 is 29.6. The maximum atomic E-state index is 12.5. The number of benzene rings is 1. The molecule has 3 aromatic rings. The van der Waals surface area contributed by atoms with Gasteiger partial charge in [-0.25, -0.2) is 14.6 Å². The van der Waals surface area contributed by atoms with E-state index in [2.05, 4.69) is 16.9 Å². The topological polar surface area (TPSA) is 137 Å². The first-order valence-electron chi connectivity index (χ1n) is 12.9. The van der Waals surface area contributed by atoms with Crippen molar-refractivity contribution in [1.82, 2.24) is 14.5 Å². The van der Waals surface area contributed by atoms with E-state index in [1.54, 1.807) is 23.8 Å². The molecule has 210 valence electrons. The van der Waals surface area contributed by atoms with Crippen LogP contribution in [0, 0.1) is 0 Å². The minimum Gasteiger partial charge on any atom is -0.434 e. The second-order valence-corrected chi connectivity index (χ2v) is 9.88. The average molecular weight is 561 g/mol. The van der Waals surface area contributed by atoms with Gasteiger partial charge in [0.15, 0.2) is 0 Å². The normalized spacial score (nSPS) is 20.6. The predicted octanol–water partition coefficient (Wildman–Crippen LogP) is 5.80. The molecule has 3 atom stereocenters. The maximum Gasteiger partial charge on any atom is 0.508 e. The molecule has 0 saturated carbocycles. The van der Waals surface area contributed by atoms with Crippen LogP contribution in [0.5, 0.6) is 0 Å². The van der Waals surface area contributed by atoms with Gasteiger partial charge in [-0.15, -0.1) is 0 Å². The van der Waals surface area contributed by atoms with Crippen molar-refractivity contribution in [1.29, 1.82) is 0 Å². The second kappa shape index (κ2) is 13.0. The predicted molar refractivity (Wildman–Crippen MR) is 143 cm³/mol. The summed E-state index contributed by atoms with van der Waals surface area (Å²) in [6.45, 7) is 3.88. The summed E-state index contributed by atoms with van der Waals surface area (Å²) in [5, 5.41) is 0.589. The fraction of sp³-hybridized carbons (Fsp3) is 0.481. The number of unbranched alkanes of at least 4 members (excludes halogenated alkanes) is 3. The highest BCUT2D eigenvalue weighted by Crippen LogP contribution is 2.41. The number of carbonyl (C=O) groups is 2. The Bertz CT molecular complexity index is 1270. The van der Waals surface area contributed by atoms with Crippen LogP contribution in [-0.4, -0.2) is 51.8 Å². The highest BCUT2D eigenvalue weighted by molar-refractivity contribution is 6.28. The van der Waals surface area contributed by atoms with Crippen molar-refractivity contribution < 1.29 is 33.3 Å². The number of nitrogen functional groups attached to an aromatic ring is 1. The van der Waals surface area contributed by atoms with Crippen molar-refractivity contribution in [3.05, 3.63) is 53.4 Å². The zero-order valence-electron chi connectivity index (χ0n) is 22.0. The van der Waals surface area contributed by atoms with E-state index < -0.39 is 30.2 Å². The molecule has 0 radical (unpaired) electrons. The first-order chi connectivity index (χ1) is 18.8. The van der Waals surface area contributed by atoms with Gasteiger partial charge in [0.1, 0.15) is 42.6 Å². The molecule has 1 saturated heterocycles. The highest BCUT2D eigenvalue weighted by Gasteiger charge is 2.50. The van der Waals surface area contributed by atoms with E-state index in [1.807, 2.05) is 30.3 Å². The molecule has 0 bridgehead atoms. The number of nitrogens with zero attached hydrogens (tertiary/aromatic N) is 3. The average Bonchev–Trinajstić information content (AvgIpc) is 3.48. The van der Waals surface area contributed by atoms with Gasteiger partial charge in [0.2, 0.25) is 5.28 Å². The third-order valence-electron chi connectivity index (χ3n) is 6.52. The van der Waals surface area contributed by atoms with Gasteiger partial charge in [-0.05, 0) is 36.6 Å². The lowest BCUT2D eigenvalue weighted by Crippen LogP contribution is -2.44. The Morgan fingerprint density at radius 3 is 2.67 bits per heavy atom. The van der Waals surface area contributed by atoms with E-state index >= 15 is 0 Å². The number of ether oxygens (including phenoxy) is 5. The molecule has 1 aliphatic rings. The van der Waals surface area contributed by atoms with E-state index in [0.717, 1.165) is 31.2 Å². The summed E-state index contributed by atoms with van der Waals surface area (Å²) in [5.41, 5.74) is 6.07. The molecule has 0 spiro atoms. The molecule has 4 rings (SSSR count). The number of halogens is 1. The summed E-state index contributed by atoms with van der Waals surface area (Å²) in [5.74, 6) is 0.230. The molecule has 1 fully saturated rings. The minimum atomic E-state index is -1.21. The molecule has 0 aliphatic carbocycles. The molecule has 39 heavy (non-hydrogen) atoms. The number of fused-ring (bicyclic) bond motifs is 1. The van der Waals surface area contributed by atoms with Crippen LogP contribution in [0.3, 0.4) is 0 Å². The van der Waals surface area contributed by atoms with Crippen LogP contribution in [0.4, 0.5) is 15.4 Å². The van der Waals surface area contributed by atoms with Crippen LogP contribution in [0.1, 0.15) is 57.7 Å². The van der Waals surface area contributed by atoms with Crippen LogP contribution < -0.4 is 5.73 Å². The van der Waals surface area contributed by atoms with Gasteiger partial charge in [-0.2, -0.15) is 4.98 Å². The first kappa shape index (κ1) is 28.4. The van der Waals surface area contributed by atoms with Crippen LogP contribution >= 0.6 is 11.6 Å². The molecule has 12 heteroatoms. The summed E-state index contributed by atoms with van der Waals surface area (Å²) in [6, 6.07) is 11.0. The molecular formula is C27H33ClN4O7. The lowest BCUT2D eigenvalue weighted by Gasteiger charge is -2.29.